The van der Waals surface area contributed by atoms with Gasteiger partial charge in [0.2, 0.25) is 0 Å². The van der Waals surface area contributed by atoms with Crippen molar-refractivity contribution in [2.75, 3.05) is 0 Å². The molecule has 2 nitrogen and oxygen atoms in total. The number of hydrogen-bond donors (Lipinski definition) is 1. The van der Waals surface area contributed by atoms with E-state index in [1.807, 2.05) is 0 Å². The van der Waals surface area contributed by atoms with Gasteiger partial charge >= 0.3 is 0 Å². The summed E-state index contributed by atoms with van der Waals surface area (Å²) in [4.78, 5) is 0. The first-order valence-corrected chi connectivity index (χ1v) is 6.83. The van der Waals surface area contributed by atoms with Crippen molar-refractivity contribution in [1.29, 1.82) is 0 Å². The highest BCUT2D eigenvalue weighted by atomic mass is 79.9. The van der Waals surface area contributed by atoms with E-state index in [9.17, 15) is 4.39 Å². The van der Waals surface area contributed by atoms with Crippen molar-refractivity contribution in [2.45, 2.75) is 13.0 Å². The Labute approximate surface area is 124 Å². The van der Waals surface area contributed by atoms with Gasteiger partial charge in [0.1, 0.15) is 5.75 Å². The molecule has 0 saturated carbocycles. The minimum atomic E-state index is -0.448. The fourth-order valence-corrected chi connectivity index (χ4v) is 2.42. The van der Waals surface area contributed by atoms with Crippen molar-refractivity contribution in [3.63, 3.8) is 0 Å². The van der Waals surface area contributed by atoms with E-state index in [4.69, 9.17) is 22.1 Å². The second-order valence-corrected chi connectivity index (χ2v) is 5.41. The summed E-state index contributed by atoms with van der Waals surface area (Å²) >= 11 is 9.18. The van der Waals surface area contributed by atoms with Crippen LogP contribution in [0.2, 0.25) is 5.02 Å². The largest absolute Gasteiger partial charge is 0.453 e. The molecular formula is C14H12BrClFNO. The van der Waals surface area contributed by atoms with E-state index in [-0.39, 0.29) is 11.8 Å². The molecule has 0 fully saturated rings. The lowest BCUT2D eigenvalue weighted by molar-refractivity contribution is 0.430. The zero-order valence-corrected chi connectivity index (χ0v) is 12.5. The Kier molecular flexibility index (Phi) is 4.45. The number of nitrogens with two attached hydrogens (primary N) is 1. The molecule has 0 aliphatic heterocycles. The summed E-state index contributed by atoms with van der Waals surface area (Å²) in [6.07, 6.45) is 0. The Morgan fingerprint density at radius 2 is 2.05 bits per heavy atom. The molecule has 0 bridgehead atoms. The molecular weight excluding hydrogens is 333 g/mol. The summed E-state index contributed by atoms with van der Waals surface area (Å²) in [7, 11) is 0. The molecule has 0 aromatic heterocycles. The maximum atomic E-state index is 13.9. The molecule has 0 amide bonds. The van der Waals surface area contributed by atoms with Gasteiger partial charge in [-0.05, 0) is 47.1 Å². The highest BCUT2D eigenvalue weighted by Crippen LogP contribution is 2.36. The molecule has 2 rings (SSSR count). The van der Waals surface area contributed by atoms with Crippen molar-refractivity contribution in [3.8, 4) is 11.5 Å². The van der Waals surface area contributed by atoms with Gasteiger partial charge in [0.25, 0.3) is 0 Å². The van der Waals surface area contributed by atoms with Crippen molar-refractivity contribution in [3.05, 3.63) is 57.3 Å². The zero-order valence-electron chi connectivity index (χ0n) is 10.2. The summed E-state index contributed by atoms with van der Waals surface area (Å²) in [5.41, 5.74) is 6.43. The molecule has 0 unspecified atom stereocenters. The molecule has 19 heavy (non-hydrogen) atoms. The standard InChI is InChI=1S/C14H12BrClFNO/c1-8(18)10-3-2-4-12(17)14(10)19-13-6-5-9(16)7-11(13)15/h2-8H,18H2,1H3/t8-/m1/s1. The molecule has 0 radical (unpaired) electrons. The van der Waals surface area contributed by atoms with Gasteiger partial charge in [-0.25, -0.2) is 4.39 Å². The van der Waals surface area contributed by atoms with Crippen LogP contribution in [0.5, 0.6) is 11.5 Å². The van der Waals surface area contributed by atoms with Crippen LogP contribution in [0.1, 0.15) is 18.5 Å². The highest BCUT2D eigenvalue weighted by molar-refractivity contribution is 9.10. The Balaban J connectivity index is 2.43. The third kappa shape index (κ3) is 3.26. The van der Waals surface area contributed by atoms with Crippen LogP contribution in [0.3, 0.4) is 0 Å². The van der Waals surface area contributed by atoms with Crippen LogP contribution < -0.4 is 10.5 Å². The van der Waals surface area contributed by atoms with Crippen molar-refractivity contribution in [1.82, 2.24) is 0 Å². The summed E-state index contributed by atoms with van der Waals surface area (Å²) in [5.74, 6) is 0.175. The quantitative estimate of drug-likeness (QED) is 0.845. The Morgan fingerprint density at radius 3 is 2.68 bits per heavy atom. The zero-order chi connectivity index (χ0) is 14.0. The minimum Gasteiger partial charge on any atom is -0.453 e. The fraction of sp³-hybridized carbons (Fsp3) is 0.143. The molecule has 0 spiro atoms. The lowest BCUT2D eigenvalue weighted by Gasteiger charge is -2.15. The van der Waals surface area contributed by atoms with Gasteiger partial charge in [0, 0.05) is 16.6 Å². The first-order chi connectivity index (χ1) is 8.99. The summed E-state index contributed by atoms with van der Waals surface area (Å²) < 4.78 is 20.2. The molecule has 0 aliphatic rings. The van der Waals surface area contributed by atoms with Crippen molar-refractivity contribution in [2.24, 2.45) is 5.73 Å². The smallest absolute Gasteiger partial charge is 0.167 e. The van der Waals surface area contributed by atoms with Gasteiger partial charge in [0.05, 0.1) is 4.47 Å². The topological polar surface area (TPSA) is 35.2 Å². The third-order valence-electron chi connectivity index (χ3n) is 2.59. The fourth-order valence-electron chi connectivity index (χ4n) is 1.66. The van der Waals surface area contributed by atoms with Crippen LogP contribution in [0.4, 0.5) is 4.39 Å². The van der Waals surface area contributed by atoms with Gasteiger partial charge in [-0.1, -0.05) is 23.7 Å². The number of benzene rings is 2. The molecule has 2 aromatic carbocycles. The van der Waals surface area contributed by atoms with E-state index in [2.05, 4.69) is 15.9 Å². The van der Waals surface area contributed by atoms with Crippen molar-refractivity contribution < 1.29 is 9.13 Å². The lowest BCUT2D eigenvalue weighted by atomic mass is 10.1. The highest BCUT2D eigenvalue weighted by Gasteiger charge is 2.15. The van der Waals surface area contributed by atoms with Crippen LogP contribution in [0.15, 0.2) is 40.9 Å². The van der Waals surface area contributed by atoms with Gasteiger partial charge in [-0.15, -0.1) is 0 Å². The second kappa shape index (κ2) is 5.90. The molecule has 0 saturated heterocycles. The first-order valence-electron chi connectivity index (χ1n) is 5.66. The van der Waals surface area contributed by atoms with Crippen LogP contribution in [-0.2, 0) is 0 Å². The molecule has 1 atom stereocenters. The van der Waals surface area contributed by atoms with Gasteiger partial charge in [-0.2, -0.15) is 0 Å². The first kappa shape index (κ1) is 14.3. The summed E-state index contributed by atoms with van der Waals surface area (Å²) in [6, 6.07) is 9.40. The number of halogens is 3. The lowest BCUT2D eigenvalue weighted by Crippen LogP contribution is -2.07. The Bertz CT molecular complexity index is 604. The predicted molar refractivity (Wildman–Crippen MR) is 78.2 cm³/mol. The number of hydrogen-bond acceptors (Lipinski definition) is 2. The third-order valence-corrected chi connectivity index (χ3v) is 3.45. The SMILES string of the molecule is C[C@@H](N)c1cccc(F)c1Oc1ccc(Cl)cc1Br. The second-order valence-electron chi connectivity index (χ2n) is 4.12. The summed E-state index contributed by atoms with van der Waals surface area (Å²) in [6.45, 7) is 1.78. The maximum absolute atomic E-state index is 13.9. The average molecular weight is 345 g/mol. The van der Waals surface area contributed by atoms with E-state index < -0.39 is 5.82 Å². The number of rotatable bonds is 3. The molecule has 2 aromatic rings. The average Bonchev–Trinajstić information content (AvgIpc) is 2.34. The van der Waals surface area contributed by atoms with E-state index in [1.165, 1.54) is 6.07 Å². The number of ether oxygens (including phenoxy) is 1. The van der Waals surface area contributed by atoms with Gasteiger partial charge in [0.15, 0.2) is 11.6 Å². The molecule has 5 heteroatoms. The molecule has 100 valence electrons. The monoisotopic (exact) mass is 343 g/mol. The summed E-state index contributed by atoms with van der Waals surface area (Å²) in [5, 5.41) is 0.570. The van der Waals surface area contributed by atoms with Gasteiger partial charge in [-0.3, -0.25) is 0 Å². The van der Waals surface area contributed by atoms with E-state index in [0.29, 0.717) is 20.8 Å². The van der Waals surface area contributed by atoms with E-state index >= 15 is 0 Å². The maximum Gasteiger partial charge on any atom is 0.167 e. The molecule has 0 aliphatic carbocycles. The van der Waals surface area contributed by atoms with Crippen LogP contribution in [-0.4, -0.2) is 0 Å². The minimum absolute atomic E-state index is 0.139. The molecule has 2 N–H and O–H groups in total. The Hall–Kier alpha value is -1.10. The van der Waals surface area contributed by atoms with E-state index in [0.717, 1.165) is 0 Å². The normalized spacial score (nSPS) is 12.3. The van der Waals surface area contributed by atoms with Crippen molar-refractivity contribution >= 4 is 27.5 Å². The number of para-hydroxylation sites is 1. The van der Waals surface area contributed by atoms with Gasteiger partial charge < -0.3 is 10.5 Å². The Morgan fingerprint density at radius 1 is 1.32 bits per heavy atom. The van der Waals surface area contributed by atoms with E-state index in [1.54, 1.807) is 37.3 Å². The predicted octanol–water partition coefficient (Wildman–Crippen LogP) is 5.05. The van der Waals surface area contributed by atoms with Crippen LogP contribution in [0.25, 0.3) is 0 Å². The van der Waals surface area contributed by atoms with Crippen LogP contribution >= 0.6 is 27.5 Å². The van der Waals surface area contributed by atoms with Crippen LogP contribution in [0, 0.1) is 5.82 Å². The molecule has 0 heterocycles.